The summed E-state index contributed by atoms with van der Waals surface area (Å²) in [7, 11) is 0. The maximum Gasteiger partial charge on any atom is 0.432 e. The maximum atomic E-state index is 13.4. The number of hydrogen-bond donors (Lipinski definition) is 0. The van der Waals surface area contributed by atoms with Crippen molar-refractivity contribution in [1.29, 1.82) is 0 Å². The second-order valence-electron chi connectivity index (χ2n) is 7.01. The van der Waals surface area contributed by atoms with Gasteiger partial charge >= 0.3 is 12.3 Å². The predicted octanol–water partition coefficient (Wildman–Crippen LogP) is 3.94. The number of carbonyl (C=O) groups is 2. The van der Waals surface area contributed by atoms with Crippen LogP contribution < -0.4 is 0 Å². The number of amides is 1. The molecule has 0 aromatic heterocycles. The van der Waals surface area contributed by atoms with E-state index in [2.05, 4.69) is 4.74 Å². The van der Waals surface area contributed by atoms with Crippen LogP contribution in [0.1, 0.15) is 17.2 Å². The molecule has 31 heavy (non-hydrogen) atoms. The van der Waals surface area contributed by atoms with Crippen LogP contribution in [0.5, 0.6) is 0 Å². The standard InChI is InChI=1S/C21H19F5N2O3/c22-16-5-1-14(2-6-16)19(15-3-7-17(23)8-4-15)27-9-11-28(12-10-27)20(30)31-18(13-29)21(24,25)26/h1-8,13,18-19H,9-12H2. The van der Waals surface area contributed by atoms with Gasteiger partial charge in [0.05, 0.1) is 6.04 Å². The highest BCUT2D eigenvalue weighted by molar-refractivity contribution is 5.71. The van der Waals surface area contributed by atoms with Crippen LogP contribution in [-0.2, 0) is 9.53 Å². The van der Waals surface area contributed by atoms with Crippen LogP contribution in [0.25, 0.3) is 0 Å². The van der Waals surface area contributed by atoms with Crippen LogP contribution in [-0.4, -0.2) is 60.6 Å². The Morgan fingerprint density at radius 2 is 1.32 bits per heavy atom. The van der Waals surface area contributed by atoms with Gasteiger partial charge in [0.2, 0.25) is 0 Å². The van der Waals surface area contributed by atoms with Crippen molar-refractivity contribution in [3.63, 3.8) is 0 Å². The Hall–Kier alpha value is -3.01. The molecule has 1 atom stereocenters. The zero-order chi connectivity index (χ0) is 22.6. The van der Waals surface area contributed by atoms with E-state index in [9.17, 15) is 31.5 Å². The van der Waals surface area contributed by atoms with E-state index in [1.54, 1.807) is 24.3 Å². The third-order valence-electron chi connectivity index (χ3n) is 4.98. The zero-order valence-electron chi connectivity index (χ0n) is 16.2. The molecule has 5 nitrogen and oxygen atoms in total. The summed E-state index contributed by atoms with van der Waals surface area (Å²) >= 11 is 0. The number of hydrogen-bond acceptors (Lipinski definition) is 4. The quantitative estimate of drug-likeness (QED) is 0.520. The van der Waals surface area contributed by atoms with Crippen LogP contribution in [0.15, 0.2) is 48.5 Å². The van der Waals surface area contributed by atoms with Gasteiger partial charge in [-0.25, -0.2) is 13.6 Å². The lowest BCUT2D eigenvalue weighted by atomic mass is 9.96. The number of benzene rings is 2. The fourth-order valence-electron chi connectivity index (χ4n) is 3.42. The minimum absolute atomic E-state index is 0.0567. The lowest BCUT2D eigenvalue weighted by molar-refractivity contribution is -0.199. The minimum Gasteiger partial charge on any atom is -0.429 e. The molecule has 0 saturated carbocycles. The van der Waals surface area contributed by atoms with Crippen LogP contribution >= 0.6 is 0 Å². The molecule has 10 heteroatoms. The normalized spacial score (nSPS) is 16.3. The van der Waals surface area contributed by atoms with Gasteiger partial charge in [0.15, 0.2) is 6.29 Å². The van der Waals surface area contributed by atoms with E-state index in [0.29, 0.717) is 0 Å². The highest BCUT2D eigenvalue weighted by atomic mass is 19.4. The van der Waals surface area contributed by atoms with Crippen LogP contribution in [0.2, 0.25) is 0 Å². The molecule has 0 N–H and O–H groups in total. The summed E-state index contributed by atoms with van der Waals surface area (Å²) in [5.74, 6) is -0.827. The Kier molecular flexibility index (Phi) is 6.89. The number of ether oxygens (including phenoxy) is 1. The predicted molar refractivity (Wildman–Crippen MR) is 100 cm³/mol. The SMILES string of the molecule is O=CC(OC(=O)N1CCN(C(c2ccc(F)cc2)c2ccc(F)cc2)CC1)C(F)(F)F. The van der Waals surface area contributed by atoms with Crippen molar-refractivity contribution < 1.29 is 36.3 Å². The largest absolute Gasteiger partial charge is 0.432 e. The maximum absolute atomic E-state index is 13.4. The molecule has 2 aromatic rings. The first kappa shape index (κ1) is 22.7. The summed E-state index contributed by atoms with van der Waals surface area (Å²) in [6.45, 7) is 0.654. The van der Waals surface area contributed by atoms with Crippen molar-refractivity contribution in [2.75, 3.05) is 26.2 Å². The summed E-state index contributed by atoms with van der Waals surface area (Å²) < 4.78 is 69.0. The lowest BCUT2D eigenvalue weighted by Crippen LogP contribution is -2.51. The van der Waals surface area contributed by atoms with E-state index in [1.165, 1.54) is 24.3 Å². The Balaban J connectivity index is 1.73. The summed E-state index contributed by atoms with van der Waals surface area (Å²) in [5.41, 5.74) is 1.48. The van der Waals surface area contributed by atoms with Crippen molar-refractivity contribution in [3.8, 4) is 0 Å². The molecule has 3 rings (SSSR count). The molecule has 1 aliphatic rings. The van der Waals surface area contributed by atoms with Crippen molar-refractivity contribution in [2.24, 2.45) is 0 Å². The molecule has 0 aliphatic carbocycles. The van der Waals surface area contributed by atoms with Gasteiger partial charge in [0.25, 0.3) is 6.10 Å². The Bertz CT molecular complexity index is 849. The molecule has 1 saturated heterocycles. The average molecular weight is 442 g/mol. The van der Waals surface area contributed by atoms with Gasteiger partial charge in [0, 0.05) is 26.2 Å². The number of piperazine rings is 1. The molecule has 0 bridgehead atoms. The monoisotopic (exact) mass is 442 g/mol. The lowest BCUT2D eigenvalue weighted by Gasteiger charge is -2.39. The van der Waals surface area contributed by atoms with E-state index in [4.69, 9.17) is 0 Å². The third kappa shape index (κ3) is 5.57. The van der Waals surface area contributed by atoms with Crippen molar-refractivity contribution in [2.45, 2.75) is 18.3 Å². The van der Waals surface area contributed by atoms with Crippen LogP contribution in [0.3, 0.4) is 0 Å². The van der Waals surface area contributed by atoms with E-state index >= 15 is 0 Å². The first-order chi connectivity index (χ1) is 14.7. The smallest absolute Gasteiger partial charge is 0.429 e. The van der Waals surface area contributed by atoms with E-state index in [0.717, 1.165) is 16.0 Å². The van der Waals surface area contributed by atoms with Gasteiger partial charge in [0.1, 0.15) is 11.6 Å². The third-order valence-corrected chi connectivity index (χ3v) is 4.98. The second kappa shape index (κ2) is 9.42. The first-order valence-corrected chi connectivity index (χ1v) is 9.41. The van der Waals surface area contributed by atoms with Gasteiger partial charge in [-0.1, -0.05) is 24.3 Å². The molecule has 1 heterocycles. The van der Waals surface area contributed by atoms with Crippen molar-refractivity contribution >= 4 is 12.4 Å². The molecule has 1 fully saturated rings. The molecule has 1 aliphatic heterocycles. The number of carbonyl (C=O) groups excluding carboxylic acids is 2. The summed E-state index contributed by atoms with van der Waals surface area (Å²) in [6, 6.07) is 11.2. The molecule has 166 valence electrons. The molecular formula is C21H19F5N2O3. The highest BCUT2D eigenvalue weighted by Crippen LogP contribution is 2.30. The molecule has 1 amide bonds. The van der Waals surface area contributed by atoms with Crippen LogP contribution in [0, 0.1) is 11.6 Å². The van der Waals surface area contributed by atoms with Crippen molar-refractivity contribution in [3.05, 3.63) is 71.3 Å². The average Bonchev–Trinajstić information content (AvgIpc) is 2.74. The van der Waals surface area contributed by atoms with Gasteiger partial charge in [-0.2, -0.15) is 13.2 Å². The molecule has 0 radical (unpaired) electrons. The number of rotatable bonds is 5. The van der Waals surface area contributed by atoms with Gasteiger partial charge in [-0.3, -0.25) is 9.69 Å². The fourth-order valence-corrected chi connectivity index (χ4v) is 3.42. The van der Waals surface area contributed by atoms with Gasteiger partial charge in [-0.05, 0) is 35.4 Å². The summed E-state index contributed by atoms with van der Waals surface area (Å²) in [6.07, 6.45) is -9.48. The number of halogens is 5. The number of aldehydes is 1. The Labute approximate surface area is 175 Å². The summed E-state index contributed by atoms with van der Waals surface area (Å²) in [5, 5.41) is 0. The van der Waals surface area contributed by atoms with Crippen molar-refractivity contribution in [1.82, 2.24) is 9.80 Å². The highest BCUT2D eigenvalue weighted by Gasteiger charge is 2.44. The number of alkyl halides is 3. The Morgan fingerprint density at radius 1 is 0.871 bits per heavy atom. The zero-order valence-corrected chi connectivity index (χ0v) is 16.2. The van der Waals surface area contributed by atoms with E-state index in [1.807, 2.05) is 4.90 Å². The van der Waals surface area contributed by atoms with Crippen LogP contribution in [0.4, 0.5) is 26.7 Å². The first-order valence-electron chi connectivity index (χ1n) is 9.41. The fraction of sp³-hybridized carbons (Fsp3) is 0.333. The van der Waals surface area contributed by atoms with E-state index < -0.39 is 36.3 Å². The summed E-state index contributed by atoms with van der Waals surface area (Å²) in [4.78, 5) is 25.7. The molecule has 0 spiro atoms. The van der Waals surface area contributed by atoms with Gasteiger partial charge in [-0.15, -0.1) is 0 Å². The molecular weight excluding hydrogens is 423 g/mol. The topological polar surface area (TPSA) is 49.9 Å². The second-order valence-corrected chi connectivity index (χ2v) is 7.01. The molecule has 2 aromatic carbocycles. The Morgan fingerprint density at radius 3 is 1.71 bits per heavy atom. The molecule has 1 unspecified atom stereocenters. The van der Waals surface area contributed by atoms with Gasteiger partial charge < -0.3 is 9.64 Å². The minimum atomic E-state index is -4.98. The van der Waals surface area contributed by atoms with E-state index in [-0.39, 0.29) is 32.2 Å². The number of nitrogens with zero attached hydrogens (tertiary/aromatic N) is 2.